The Morgan fingerprint density at radius 2 is 2.38 bits per heavy atom. The highest BCUT2D eigenvalue weighted by Crippen LogP contribution is 2.10. The van der Waals surface area contributed by atoms with Gasteiger partial charge in [-0.15, -0.1) is 0 Å². The maximum atomic E-state index is 5.49. The van der Waals surface area contributed by atoms with E-state index in [1.54, 1.807) is 6.20 Å². The Morgan fingerprint density at radius 1 is 1.62 bits per heavy atom. The summed E-state index contributed by atoms with van der Waals surface area (Å²) in [7, 11) is 0. The highest BCUT2D eigenvalue weighted by Gasteiger charge is 2.00. The molecule has 3 nitrogen and oxygen atoms in total. The van der Waals surface area contributed by atoms with Crippen LogP contribution in [0.3, 0.4) is 0 Å². The number of rotatable bonds is 6. The lowest BCUT2D eigenvalue weighted by molar-refractivity contribution is 0.850. The first kappa shape index (κ1) is 13.3. The predicted molar refractivity (Wildman–Crippen MR) is 76.2 cm³/mol. The third-order valence-corrected chi connectivity index (χ3v) is 3.58. The molecule has 0 bridgehead atoms. The van der Waals surface area contributed by atoms with Crippen LogP contribution in [0, 0.1) is 0 Å². The van der Waals surface area contributed by atoms with Gasteiger partial charge in [-0.1, -0.05) is 19.1 Å². The van der Waals surface area contributed by atoms with E-state index in [0.29, 0.717) is 10.2 Å². The summed E-state index contributed by atoms with van der Waals surface area (Å²) in [6.45, 7) is 3.15. The first-order chi connectivity index (χ1) is 7.63. The largest absolute Gasteiger partial charge is 0.389 e. The molecular formula is C11H17N3S2. The van der Waals surface area contributed by atoms with Gasteiger partial charge >= 0.3 is 0 Å². The zero-order valence-electron chi connectivity index (χ0n) is 9.56. The Hall–Kier alpha value is -0.810. The van der Waals surface area contributed by atoms with Gasteiger partial charge in [0.25, 0.3) is 0 Å². The fourth-order valence-electron chi connectivity index (χ4n) is 1.17. The fraction of sp³-hybridized carbons (Fsp3) is 0.455. The van der Waals surface area contributed by atoms with E-state index >= 15 is 0 Å². The third kappa shape index (κ3) is 4.37. The van der Waals surface area contributed by atoms with E-state index in [-0.39, 0.29) is 0 Å². The summed E-state index contributed by atoms with van der Waals surface area (Å²) in [4.78, 5) is 4.62. The molecule has 0 fully saturated rings. The second-order valence-electron chi connectivity index (χ2n) is 3.56. The van der Waals surface area contributed by atoms with Crippen molar-refractivity contribution < 1.29 is 0 Å². The summed E-state index contributed by atoms with van der Waals surface area (Å²) in [5.41, 5.74) is 6.29. The van der Waals surface area contributed by atoms with Crippen molar-refractivity contribution in [3.63, 3.8) is 0 Å². The second kappa shape index (κ2) is 6.70. The molecule has 1 atom stereocenters. The van der Waals surface area contributed by atoms with Crippen molar-refractivity contribution in [2.45, 2.75) is 18.6 Å². The van der Waals surface area contributed by atoms with Gasteiger partial charge in [0.05, 0.1) is 0 Å². The average molecular weight is 255 g/mol. The molecule has 0 saturated carbocycles. The molecule has 0 amide bonds. The van der Waals surface area contributed by atoms with Crippen molar-refractivity contribution in [1.29, 1.82) is 0 Å². The summed E-state index contributed by atoms with van der Waals surface area (Å²) in [5.74, 6) is 0.869. The standard InChI is InChI=1S/C11H17N3S2/c1-8(16-2)5-6-13-10-4-3-9(7-14-10)11(12)15/h3-4,7-8H,5-6H2,1-2H3,(H2,12,15)(H,13,14). The Kier molecular flexibility index (Phi) is 5.55. The normalized spacial score (nSPS) is 12.1. The van der Waals surface area contributed by atoms with Gasteiger partial charge < -0.3 is 11.1 Å². The predicted octanol–water partition coefficient (Wildman–Crippen LogP) is 2.27. The molecule has 88 valence electrons. The Balaban J connectivity index is 2.40. The number of hydrogen-bond donors (Lipinski definition) is 2. The number of pyridine rings is 1. The molecule has 0 spiro atoms. The average Bonchev–Trinajstić information content (AvgIpc) is 2.29. The van der Waals surface area contributed by atoms with Gasteiger partial charge in [-0.25, -0.2) is 4.98 Å². The van der Waals surface area contributed by atoms with Crippen LogP contribution in [0.2, 0.25) is 0 Å². The monoisotopic (exact) mass is 255 g/mol. The molecule has 1 unspecified atom stereocenters. The zero-order chi connectivity index (χ0) is 12.0. The highest BCUT2D eigenvalue weighted by molar-refractivity contribution is 7.99. The zero-order valence-corrected chi connectivity index (χ0v) is 11.2. The summed E-state index contributed by atoms with van der Waals surface area (Å²) >= 11 is 6.73. The molecule has 0 aliphatic carbocycles. The smallest absolute Gasteiger partial charge is 0.125 e. The van der Waals surface area contributed by atoms with Gasteiger partial charge in [0, 0.05) is 23.6 Å². The van der Waals surface area contributed by atoms with Crippen molar-refractivity contribution >= 4 is 34.8 Å². The lowest BCUT2D eigenvalue weighted by Crippen LogP contribution is -2.11. The number of aromatic nitrogens is 1. The van der Waals surface area contributed by atoms with E-state index in [4.69, 9.17) is 18.0 Å². The van der Waals surface area contributed by atoms with Crippen LogP contribution < -0.4 is 11.1 Å². The van der Waals surface area contributed by atoms with Gasteiger partial charge in [0.15, 0.2) is 0 Å². The molecule has 1 heterocycles. The number of thioether (sulfide) groups is 1. The Labute approximate surface area is 106 Å². The van der Waals surface area contributed by atoms with Crippen LogP contribution in [0.25, 0.3) is 0 Å². The van der Waals surface area contributed by atoms with Crippen LogP contribution in [-0.4, -0.2) is 28.0 Å². The molecule has 16 heavy (non-hydrogen) atoms. The minimum atomic E-state index is 0.384. The van der Waals surface area contributed by atoms with Gasteiger partial charge in [0.1, 0.15) is 10.8 Å². The molecule has 0 radical (unpaired) electrons. The topological polar surface area (TPSA) is 50.9 Å². The molecular weight excluding hydrogens is 238 g/mol. The number of nitrogens with two attached hydrogens (primary N) is 1. The lowest BCUT2D eigenvalue weighted by atomic mass is 10.3. The molecule has 1 aromatic rings. The molecule has 1 aromatic heterocycles. The van der Waals surface area contributed by atoms with E-state index in [1.165, 1.54) is 0 Å². The van der Waals surface area contributed by atoms with E-state index in [2.05, 4.69) is 23.5 Å². The quantitative estimate of drug-likeness (QED) is 0.764. The molecule has 3 N–H and O–H groups in total. The van der Waals surface area contributed by atoms with Crippen molar-refractivity contribution in [3.05, 3.63) is 23.9 Å². The first-order valence-corrected chi connectivity index (χ1v) is 6.85. The molecule has 0 aliphatic rings. The molecule has 0 aliphatic heterocycles. The third-order valence-electron chi connectivity index (χ3n) is 2.31. The van der Waals surface area contributed by atoms with Crippen LogP contribution in [0.15, 0.2) is 18.3 Å². The molecule has 5 heteroatoms. The Morgan fingerprint density at radius 3 is 2.88 bits per heavy atom. The molecule has 1 rings (SSSR count). The minimum Gasteiger partial charge on any atom is -0.389 e. The lowest BCUT2D eigenvalue weighted by Gasteiger charge is -2.09. The van der Waals surface area contributed by atoms with E-state index < -0.39 is 0 Å². The second-order valence-corrected chi connectivity index (χ2v) is 5.27. The fourth-order valence-corrected chi connectivity index (χ4v) is 1.64. The van der Waals surface area contributed by atoms with Gasteiger partial charge in [-0.05, 0) is 24.8 Å². The van der Waals surface area contributed by atoms with Crippen LogP contribution in [0.4, 0.5) is 5.82 Å². The number of thiocarbonyl (C=S) groups is 1. The molecule has 0 aromatic carbocycles. The van der Waals surface area contributed by atoms with Gasteiger partial charge in [0.2, 0.25) is 0 Å². The van der Waals surface area contributed by atoms with Crippen LogP contribution in [-0.2, 0) is 0 Å². The summed E-state index contributed by atoms with van der Waals surface area (Å²) in [6.07, 6.45) is 4.95. The van der Waals surface area contributed by atoms with Crippen molar-refractivity contribution in [2.24, 2.45) is 5.73 Å². The SMILES string of the molecule is CSC(C)CCNc1ccc(C(N)=S)cn1. The summed E-state index contributed by atoms with van der Waals surface area (Å²) < 4.78 is 0. The maximum Gasteiger partial charge on any atom is 0.125 e. The highest BCUT2D eigenvalue weighted by atomic mass is 32.2. The van der Waals surface area contributed by atoms with Crippen molar-refractivity contribution in [3.8, 4) is 0 Å². The number of anilines is 1. The van der Waals surface area contributed by atoms with Crippen LogP contribution in [0.5, 0.6) is 0 Å². The van der Waals surface area contributed by atoms with Gasteiger partial charge in [-0.2, -0.15) is 11.8 Å². The number of nitrogens with zero attached hydrogens (tertiary/aromatic N) is 1. The van der Waals surface area contributed by atoms with Crippen molar-refractivity contribution in [1.82, 2.24) is 4.98 Å². The van der Waals surface area contributed by atoms with Crippen LogP contribution >= 0.6 is 24.0 Å². The van der Waals surface area contributed by atoms with Gasteiger partial charge in [-0.3, -0.25) is 0 Å². The number of nitrogens with one attached hydrogen (secondary N) is 1. The van der Waals surface area contributed by atoms with E-state index in [9.17, 15) is 0 Å². The molecule has 0 saturated heterocycles. The first-order valence-electron chi connectivity index (χ1n) is 5.16. The van der Waals surface area contributed by atoms with Crippen LogP contribution in [0.1, 0.15) is 18.9 Å². The summed E-state index contributed by atoms with van der Waals surface area (Å²) in [6, 6.07) is 3.79. The Bertz CT molecular complexity index is 338. The minimum absolute atomic E-state index is 0.384. The van der Waals surface area contributed by atoms with E-state index in [1.807, 2.05) is 23.9 Å². The summed E-state index contributed by atoms with van der Waals surface area (Å²) in [5, 5.41) is 3.94. The van der Waals surface area contributed by atoms with Crippen molar-refractivity contribution in [2.75, 3.05) is 18.1 Å². The number of hydrogen-bond acceptors (Lipinski definition) is 4. The maximum absolute atomic E-state index is 5.49. The van der Waals surface area contributed by atoms with E-state index in [0.717, 1.165) is 24.3 Å².